The summed E-state index contributed by atoms with van der Waals surface area (Å²) >= 11 is 5.81. The molecular formula is C17H13ClN6O. The Hall–Kier alpha value is -3.24. The average molecular weight is 353 g/mol. The van der Waals surface area contributed by atoms with Crippen molar-refractivity contribution in [1.82, 2.24) is 24.5 Å². The van der Waals surface area contributed by atoms with Gasteiger partial charge in [0.05, 0.1) is 17.6 Å². The van der Waals surface area contributed by atoms with Crippen molar-refractivity contribution in [3.05, 3.63) is 64.5 Å². The number of pyridine rings is 1. The van der Waals surface area contributed by atoms with Crippen molar-refractivity contribution in [2.75, 3.05) is 0 Å². The third-order valence-electron chi connectivity index (χ3n) is 3.42. The van der Waals surface area contributed by atoms with Crippen molar-refractivity contribution in [2.45, 2.75) is 13.8 Å². The Kier molecular flexibility index (Phi) is 4.46. The lowest BCUT2D eigenvalue weighted by Crippen LogP contribution is -2.18. The van der Waals surface area contributed by atoms with Gasteiger partial charge in [0.25, 0.3) is 5.91 Å². The Balaban J connectivity index is 2.10. The highest BCUT2D eigenvalue weighted by Crippen LogP contribution is 2.17. The molecule has 0 atom stereocenters. The van der Waals surface area contributed by atoms with Gasteiger partial charge in [-0.15, -0.1) is 0 Å². The molecule has 124 valence electrons. The first-order chi connectivity index (χ1) is 12.0. The van der Waals surface area contributed by atoms with Crippen LogP contribution in [0.2, 0.25) is 5.15 Å². The van der Waals surface area contributed by atoms with Crippen molar-refractivity contribution >= 4 is 17.5 Å². The van der Waals surface area contributed by atoms with E-state index >= 15 is 0 Å². The monoisotopic (exact) mass is 352 g/mol. The predicted molar refractivity (Wildman–Crippen MR) is 92.4 cm³/mol. The molecule has 0 saturated heterocycles. The molecule has 3 aromatic heterocycles. The number of nitrogens with zero attached hydrogens (tertiary/aromatic N) is 5. The first-order valence-electron chi connectivity index (χ1n) is 7.27. The predicted octanol–water partition coefficient (Wildman–Crippen LogP) is 1.83. The van der Waals surface area contributed by atoms with Gasteiger partial charge in [-0.05, 0) is 37.8 Å². The molecule has 1 amide bonds. The molecule has 0 radical (unpaired) electrons. The van der Waals surface area contributed by atoms with Crippen LogP contribution in [0.25, 0.3) is 5.69 Å². The summed E-state index contributed by atoms with van der Waals surface area (Å²) in [6.45, 7) is 3.68. The van der Waals surface area contributed by atoms with Gasteiger partial charge in [-0.1, -0.05) is 11.6 Å². The smallest absolute Gasteiger partial charge is 0.285 e. The number of aryl methyl sites for hydroxylation is 1. The molecule has 0 aliphatic heterocycles. The van der Waals surface area contributed by atoms with Gasteiger partial charge >= 0.3 is 0 Å². The summed E-state index contributed by atoms with van der Waals surface area (Å²) in [7, 11) is 0. The number of halogens is 1. The maximum atomic E-state index is 11.8. The lowest BCUT2D eigenvalue weighted by atomic mass is 10.3. The fourth-order valence-corrected chi connectivity index (χ4v) is 2.37. The van der Waals surface area contributed by atoms with Crippen LogP contribution in [0.3, 0.4) is 0 Å². The normalized spacial score (nSPS) is 10.2. The molecule has 3 rings (SSSR count). The number of carbonyl (C=O) groups is 1. The van der Waals surface area contributed by atoms with E-state index in [1.54, 1.807) is 23.8 Å². The minimum Gasteiger partial charge on any atom is -0.363 e. The zero-order chi connectivity index (χ0) is 18.0. The number of hydrogen-bond acceptors (Lipinski definition) is 5. The van der Waals surface area contributed by atoms with Gasteiger partial charge in [-0.2, -0.15) is 0 Å². The van der Waals surface area contributed by atoms with Crippen LogP contribution in [0.15, 0.2) is 30.7 Å². The fourth-order valence-electron chi connectivity index (χ4n) is 2.22. The summed E-state index contributed by atoms with van der Waals surface area (Å²) in [4.78, 5) is 28.1. The van der Waals surface area contributed by atoms with Crippen LogP contribution in [-0.4, -0.2) is 30.4 Å². The standard InChI is InChI=1S/C17H13ClN6O/c1-10-3-5-13(8-20-10)24-11(2)14(23-17(24)16(19)25)6-4-12-7-15(18)22-9-21-12/h3,5,7-9H,1-2H3,(H2,19,25). The van der Waals surface area contributed by atoms with E-state index in [1.807, 2.05) is 19.1 Å². The molecule has 0 spiro atoms. The Morgan fingerprint density at radius 3 is 2.64 bits per heavy atom. The van der Waals surface area contributed by atoms with E-state index in [4.69, 9.17) is 17.3 Å². The van der Waals surface area contributed by atoms with E-state index in [9.17, 15) is 4.79 Å². The van der Waals surface area contributed by atoms with Gasteiger partial charge in [-0.3, -0.25) is 14.3 Å². The SMILES string of the molecule is Cc1ccc(-n2c(C(N)=O)nc(C#Cc3cc(Cl)ncn3)c2C)cn1. The number of nitrogens with two attached hydrogens (primary N) is 1. The molecule has 0 aromatic carbocycles. The van der Waals surface area contributed by atoms with Gasteiger partial charge in [-0.25, -0.2) is 15.0 Å². The molecule has 0 unspecified atom stereocenters. The zero-order valence-corrected chi connectivity index (χ0v) is 14.2. The second kappa shape index (κ2) is 6.71. The van der Waals surface area contributed by atoms with Gasteiger partial charge in [0.2, 0.25) is 5.82 Å². The number of carbonyl (C=O) groups excluding carboxylic acids is 1. The van der Waals surface area contributed by atoms with E-state index in [2.05, 4.69) is 31.8 Å². The lowest BCUT2D eigenvalue weighted by Gasteiger charge is -2.07. The Morgan fingerprint density at radius 1 is 1.20 bits per heavy atom. The molecule has 0 saturated carbocycles. The number of rotatable bonds is 2. The van der Waals surface area contributed by atoms with Crippen LogP contribution in [0.4, 0.5) is 0 Å². The Bertz CT molecular complexity index is 1010. The highest BCUT2D eigenvalue weighted by atomic mass is 35.5. The third kappa shape index (κ3) is 3.49. The second-order valence-electron chi connectivity index (χ2n) is 5.20. The minimum absolute atomic E-state index is 0.0909. The van der Waals surface area contributed by atoms with Gasteiger partial charge in [0.1, 0.15) is 22.9 Å². The molecule has 3 heterocycles. The van der Waals surface area contributed by atoms with Crippen molar-refractivity contribution < 1.29 is 4.79 Å². The summed E-state index contributed by atoms with van der Waals surface area (Å²) in [5.74, 6) is 5.19. The van der Waals surface area contributed by atoms with Crippen LogP contribution in [-0.2, 0) is 0 Å². The van der Waals surface area contributed by atoms with Gasteiger partial charge in [0, 0.05) is 11.8 Å². The Labute approximate surface area is 148 Å². The number of aromatic nitrogens is 5. The molecule has 25 heavy (non-hydrogen) atoms. The maximum Gasteiger partial charge on any atom is 0.285 e. The van der Waals surface area contributed by atoms with Crippen LogP contribution in [0.1, 0.15) is 33.4 Å². The number of hydrogen-bond donors (Lipinski definition) is 1. The van der Waals surface area contributed by atoms with E-state index in [0.717, 1.165) is 5.69 Å². The minimum atomic E-state index is -0.651. The number of imidazole rings is 1. The average Bonchev–Trinajstić information content (AvgIpc) is 2.91. The van der Waals surface area contributed by atoms with Gasteiger partial charge in [0.15, 0.2) is 0 Å². The molecular weight excluding hydrogens is 340 g/mol. The number of amides is 1. The van der Waals surface area contributed by atoms with Crippen molar-refractivity contribution in [3.8, 4) is 17.5 Å². The molecule has 0 aliphatic rings. The van der Waals surface area contributed by atoms with Crippen LogP contribution in [0.5, 0.6) is 0 Å². The summed E-state index contributed by atoms with van der Waals surface area (Å²) in [6.07, 6.45) is 2.97. The van der Waals surface area contributed by atoms with E-state index in [0.29, 0.717) is 27.9 Å². The number of primary amides is 1. The lowest BCUT2D eigenvalue weighted by molar-refractivity contribution is 0.0988. The summed E-state index contributed by atoms with van der Waals surface area (Å²) in [6, 6.07) is 5.22. The zero-order valence-electron chi connectivity index (χ0n) is 13.5. The largest absolute Gasteiger partial charge is 0.363 e. The van der Waals surface area contributed by atoms with Crippen molar-refractivity contribution in [2.24, 2.45) is 5.73 Å². The maximum absolute atomic E-state index is 11.8. The summed E-state index contributed by atoms with van der Waals surface area (Å²) in [5.41, 5.74) is 8.55. The molecule has 0 aliphatic carbocycles. The molecule has 3 aromatic rings. The van der Waals surface area contributed by atoms with E-state index < -0.39 is 5.91 Å². The molecule has 0 fully saturated rings. The second-order valence-corrected chi connectivity index (χ2v) is 5.59. The fraction of sp³-hybridized carbons (Fsp3) is 0.118. The van der Waals surface area contributed by atoms with Crippen LogP contribution < -0.4 is 5.73 Å². The first kappa shape index (κ1) is 16.6. The van der Waals surface area contributed by atoms with Crippen molar-refractivity contribution in [3.63, 3.8) is 0 Å². The molecule has 8 heteroatoms. The highest BCUT2D eigenvalue weighted by Gasteiger charge is 2.18. The Morgan fingerprint density at radius 2 is 2.00 bits per heavy atom. The topological polar surface area (TPSA) is 99.6 Å². The first-order valence-corrected chi connectivity index (χ1v) is 7.65. The highest BCUT2D eigenvalue weighted by molar-refractivity contribution is 6.29. The third-order valence-corrected chi connectivity index (χ3v) is 3.63. The van der Waals surface area contributed by atoms with Crippen LogP contribution >= 0.6 is 11.6 Å². The summed E-state index contributed by atoms with van der Waals surface area (Å²) in [5, 5.41) is 0.296. The molecule has 0 bridgehead atoms. The van der Waals surface area contributed by atoms with E-state index in [1.165, 1.54) is 6.33 Å². The van der Waals surface area contributed by atoms with Gasteiger partial charge < -0.3 is 5.73 Å². The van der Waals surface area contributed by atoms with Crippen molar-refractivity contribution in [1.29, 1.82) is 0 Å². The van der Waals surface area contributed by atoms with Crippen LogP contribution in [0, 0.1) is 25.7 Å². The molecule has 2 N–H and O–H groups in total. The van der Waals surface area contributed by atoms with E-state index in [-0.39, 0.29) is 5.82 Å². The quantitative estimate of drug-likeness (QED) is 0.560. The summed E-state index contributed by atoms with van der Waals surface area (Å²) < 4.78 is 1.63. The molecule has 7 nitrogen and oxygen atoms in total.